The summed E-state index contributed by atoms with van der Waals surface area (Å²) < 4.78 is 4.90. The Labute approximate surface area is 132 Å². The lowest BCUT2D eigenvalue weighted by Gasteiger charge is -2.14. The molecule has 0 aliphatic rings. The minimum absolute atomic E-state index is 0. The van der Waals surface area contributed by atoms with Crippen LogP contribution in [0.5, 0.6) is 0 Å². The third kappa shape index (κ3) is 6.60. The van der Waals surface area contributed by atoms with Crippen LogP contribution in [0, 0.1) is 0 Å². The monoisotopic (exact) mass is 314 g/mol. The molecule has 0 atom stereocenters. The Kier molecular flexibility index (Phi) is 9.41. The topological polar surface area (TPSA) is 59.8 Å². The molecule has 0 spiro atoms. The van der Waals surface area contributed by atoms with Crippen LogP contribution >= 0.6 is 0 Å². The van der Waals surface area contributed by atoms with Crippen molar-refractivity contribution in [2.75, 3.05) is 31.6 Å². The summed E-state index contributed by atoms with van der Waals surface area (Å²) in [6.45, 7) is 8.52. The van der Waals surface area contributed by atoms with Gasteiger partial charge in [0.1, 0.15) is 0 Å². The maximum Gasteiger partial charge on any atom is 0.338 e. The molecule has 6 heteroatoms. The molecule has 118 valence electrons. The Bertz CT molecular complexity index is 445. The minimum Gasteiger partial charge on any atom is -1.00 e. The van der Waals surface area contributed by atoms with Crippen LogP contribution in [0.2, 0.25) is 0 Å². The van der Waals surface area contributed by atoms with E-state index in [4.69, 9.17) is 4.74 Å². The van der Waals surface area contributed by atoms with Crippen molar-refractivity contribution in [3.63, 3.8) is 0 Å². The van der Waals surface area contributed by atoms with Gasteiger partial charge in [0.15, 0.2) is 6.54 Å². The number of amides is 1. The molecule has 0 aliphatic carbocycles. The van der Waals surface area contributed by atoms with Crippen LogP contribution in [0.15, 0.2) is 24.3 Å². The van der Waals surface area contributed by atoms with Gasteiger partial charge in [-0.3, -0.25) is 4.79 Å². The average Bonchev–Trinajstić information content (AvgIpc) is 2.45. The molecule has 1 rings (SSSR count). The first kappa shape index (κ1) is 19.4. The quantitative estimate of drug-likeness (QED) is 0.558. The Morgan fingerprint density at radius 1 is 1.10 bits per heavy atom. The summed E-state index contributed by atoms with van der Waals surface area (Å²) in [7, 11) is 0. The third-order valence-electron chi connectivity index (χ3n) is 3.09. The molecule has 0 heterocycles. The largest absolute Gasteiger partial charge is 1.00 e. The molecule has 1 aromatic carbocycles. The van der Waals surface area contributed by atoms with E-state index in [1.165, 1.54) is 4.90 Å². The second kappa shape index (κ2) is 10.2. The molecule has 0 bridgehead atoms. The molecule has 0 radical (unpaired) electrons. The number of hydrogen-bond acceptors (Lipinski definition) is 3. The van der Waals surface area contributed by atoms with Gasteiger partial charge in [0.05, 0.1) is 25.3 Å². The van der Waals surface area contributed by atoms with Gasteiger partial charge < -0.3 is 27.4 Å². The highest BCUT2D eigenvalue weighted by molar-refractivity contribution is 5.93. The van der Waals surface area contributed by atoms with Crippen molar-refractivity contribution in [2.45, 2.75) is 20.8 Å². The Morgan fingerprint density at radius 3 is 2.14 bits per heavy atom. The van der Waals surface area contributed by atoms with Gasteiger partial charge in [0.25, 0.3) is 5.91 Å². The fraction of sp³-hybridized carbons (Fsp3) is 0.467. The van der Waals surface area contributed by atoms with E-state index in [2.05, 4.69) is 19.2 Å². The summed E-state index contributed by atoms with van der Waals surface area (Å²) in [4.78, 5) is 24.6. The number of esters is 1. The number of halogens is 1. The lowest BCUT2D eigenvalue weighted by atomic mass is 10.2. The van der Waals surface area contributed by atoms with Crippen LogP contribution < -0.4 is 22.6 Å². The molecule has 0 saturated carbocycles. The van der Waals surface area contributed by atoms with Crippen molar-refractivity contribution in [1.29, 1.82) is 0 Å². The van der Waals surface area contributed by atoms with E-state index in [1.807, 2.05) is 0 Å². The summed E-state index contributed by atoms with van der Waals surface area (Å²) in [5.74, 6) is -0.370. The van der Waals surface area contributed by atoms with Crippen molar-refractivity contribution in [2.24, 2.45) is 0 Å². The van der Waals surface area contributed by atoms with E-state index in [0.29, 0.717) is 24.4 Å². The van der Waals surface area contributed by atoms with Crippen molar-refractivity contribution in [3.8, 4) is 0 Å². The van der Waals surface area contributed by atoms with Crippen LogP contribution in [0.1, 0.15) is 31.1 Å². The molecule has 21 heavy (non-hydrogen) atoms. The molecule has 1 aromatic rings. The van der Waals surface area contributed by atoms with E-state index in [1.54, 1.807) is 31.2 Å². The van der Waals surface area contributed by atoms with E-state index in [9.17, 15) is 9.59 Å². The predicted octanol–water partition coefficient (Wildman–Crippen LogP) is -2.27. The van der Waals surface area contributed by atoms with Crippen molar-refractivity contribution >= 4 is 17.6 Å². The second-order valence-electron chi connectivity index (χ2n) is 4.48. The predicted molar refractivity (Wildman–Crippen MR) is 77.9 cm³/mol. The Morgan fingerprint density at radius 2 is 1.67 bits per heavy atom. The number of quaternary nitrogens is 1. The van der Waals surface area contributed by atoms with Crippen LogP contribution in [0.4, 0.5) is 5.69 Å². The lowest BCUT2D eigenvalue weighted by molar-refractivity contribution is -0.888. The first-order valence-electron chi connectivity index (χ1n) is 7.01. The molecule has 0 unspecified atom stereocenters. The number of benzene rings is 1. The number of ether oxygens (including phenoxy) is 1. The fourth-order valence-corrected chi connectivity index (χ4v) is 1.84. The maximum absolute atomic E-state index is 11.8. The van der Waals surface area contributed by atoms with Crippen LogP contribution in [-0.4, -0.2) is 38.1 Å². The number of rotatable bonds is 7. The van der Waals surface area contributed by atoms with E-state index < -0.39 is 0 Å². The number of hydrogen-bond donors (Lipinski definition) is 2. The standard InChI is InChI=1S/C15H22N2O3.ClH/c1-4-17(5-2)11-14(18)16-13-9-7-12(8-10-13)15(19)20-6-3;/h7-10H,4-6,11H2,1-3H3,(H,16,18);1H. The number of anilines is 1. The summed E-state index contributed by atoms with van der Waals surface area (Å²) in [6, 6.07) is 6.72. The molecular formula is C15H23ClN2O3. The highest BCUT2D eigenvalue weighted by Gasteiger charge is 2.11. The van der Waals surface area contributed by atoms with E-state index >= 15 is 0 Å². The average molecular weight is 315 g/mol. The molecule has 2 N–H and O–H groups in total. The molecule has 0 aromatic heterocycles. The summed E-state index contributed by atoms with van der Waals surface area (Å²) in [5.41, 5.74) is 1.17. The van der Waals surface area contributed by atoms with Crippen molar-refractivity contribution < 1.29 is 31.6 Å². The Balaban J connectivity index is 0.00000400. The van der Waals surface area contributed by atoms with Gasteiger partial charge in [0, 0.05) is 5.69 Å². The van der Waals surface area contributed by atoms with Gasteiger partial charge in [0.2, 0.25) is 0 Å². The van der Waals surface area contributed by atoms with Gasteiger partial charge in [-0.15, -0.1) is 0 Å². The summed E-state index contributed by atoms with van der Waals surface area (Å²) >= 11 is 0. The van der Waals surface area contributed by atoms with Gasteiger partial charge in [-0.2, -0.15) is 0 Å². The third-order valence-corrected chi connectivity index (χ3v) is 3.09. The smallest absolute Gasteiger partial charge is 0.338 e. The van der Waals surface area contributed by atoms with Crippen LogP contribution in [-0.2, 0) is 9.53 Å². The molecular weight excluding hydrogens is 292 g/mol. The first-order chi connectivity index (χ1) is 9.60. The summed E-state index contributed by atoms with van der Waals surface area (Å²) in [5, 5.41) is 2.83. The highest BCUT2D eigenvalue weighted by atomic mass is 35.5. The van der Waals surface area contributed by atoms with Crippen molar-refractivity contribution in [1.82, 2.24) is 0 Å². The zero-order chi connectivity index (χ0) is 15.0. The van der Waals surface area contributed by atoms with Crippen molar-refractivity contribution in [3.05, 3.63) is 29.8 Å². The second-order valence-corrected chi connectivity index (χ2v) is 4.48. The molecule has 5 nitrogen and oxygen atoms in total. The van der Waals surface area contributed by atoms with Gasteiger partial charge in [-0.05, 0) is 45.0 Å². The Hall–Kier alpha value is -1.59. The van der Waals surface area contributed by atoms with E-state index in [-0.39, 0.29) is 24.3 Å². The fourth-order valence-electron chi connectivity index (χ4n) is 1.84. The zero-order valence-corrected chi connectivity index (χ0v) is 13.5. The van der Waals surface area contributed by atoms with E-state index in [0.717, 1.165) is 13.1 Å². The van der Waals surface area contributed by atoms with Crippen LogP contribution in [0.3, 0.4) is 0 Å². The number of carbonyl (C=O) groups is 2. The zero-order valence-electron chi connectivity index (χ0n) is 12.7. The van der Waals surface area contributed by atoms with Gasteiger partial charge in [-0.1, -0.05) is 0 Å². The van der Waals surface area contributed by atoms with Gasteiger partial charge in [-0.25, -0.2) is 4.79 Å². The number of nitrogens with one attached hydrogen (secondary N) is 2. The molecule has 0 aliphatic heterocycles. The van der Waals surface area contributed by atoms with Gasteiger partial charge >= 0.3 is 5.97 Å². The maximum atomic E-state index is 11.8. The molecule has 0 fully saturated rings. The number of likely N-dealkylation sites (N-methyl/N-ethyl adjacent to an activating group) is 1. The molecule has 1 amide bonds. The highest BCUT2D eigenvalue weighted by Crippen LogP contribution is 2.10. The summed E-state index contributed by atoms with van der Waals surface area (Å²) in [6.07, 6.45) is 0. The SMILES string of the molecule is CCOC(=O)c1ccc(NC(=O)C[NH+](CC)CC)cc1.[Cl-]. The normalized spacial score (nSPS) is 9.90. The van der Waals surface area contributed by atoms with Crippen LogP contribution in [0.25, 0.3) is 0 Å². The minimum atomic E-state index is -0.349. The lowest BCUT2D eigenvalue weighted by Crippen LogP contribution is -3.12. The molecule has 0 saturated heterocycles. The first-order valence-corrected chi connectivity index (χ1v) is 7.01. The number of carbonyl (C=O) groups excluding carboxylic acids is 2.